The van der Waals surface area contributed by atoms with Gasteiger partial charge in [-0.3, -0.25) is 14.2 Å². The quantitative estimate of drug-likeness (QED) is 0.695. The van der Waals surface area contributed by atoms with Gasteiger partial charge in [0.05, 0.1) is 11.3 Å². The molecule has 0 saturated carbocycles. The minimum atomic E-state index is -3.84. The van der Waals surface area contributed by atoms with Crippen molar-refractivity contribution < 1.29 is 13.2 Å². The van der Waals surface area contributed by atoms with Crippen LogP contribution >= 0.6 is 11.8 Å². The Hall–Kier alpha value is -2.39. The minimum Gasteiger partial charge on any atom is -0.294 e. The lowest BCUT2D eigenvalue weighted by Gasteiger charge is -2.05. The van der Waals surface area contributed by atoms with E-state index >= 15 is 0 Å². The Morgan fingerprint density at radius 1 is 1.29 bits per heavy atom. The summed E-state index contributed by atoms with van der Waals surface area (Å²) in [6.07, 6.45) is 6.61. The van der Waals surface area contributed by atoms with E-state index in [4.69, 9.17) is 0 Å². The largest absolute Gasteiger partial charge is 0.294 e. The van der Waals surface area contributed by atoms with Crippen molar-refractivity contribution in [2.75, 3.05) is 6.26 Å². The van der Waals surface area contributed by atoms with Crippen LogP contribution in [0.4, 0.5) is 0 Å². The Kier molecular flexibility index (Phi) is 4.54. The van der Waals surface area contributed by atoms with E-state index in [9.17, 15) is 13.2 Å². The fourth-order valence-corrected chi connectivity index (χ4v) is 3.85. The van der Waals surface area contributed by atoms with Gasteiger partial charge in [0.25, 0.3) is 5.91 Å². The molecule has 0 radical (unpaired) electrons. The minimum absolute atomic E-state index is 0.0784. The van der Waals surface area contributed by atoms with Gasteiger partial charge in [0.1, 0.15) is 0 Å². The Bertz CT molecular complexity index is 984. The number of hydrogen-bond donors (Lipinski definition) is 1. The molecule has 3 heterocycles. The third kappa shape index (κ3) is 3.41. The first kappa shape index (κ1) is 16.5. The SMILES string of the molecule is CSc1nc(C(=O)NS(=O)(=O)Cc2cccnc2)c2ccccn12. The third-order valence-electron chi connectivity index (χ3n) is 3.24. The summed E-state index contributed by atoms with van der Waals surface area (Å²) in [4.78, 5) is 20.5. The highest BCUT2D eigenvalue weighted by molar-refractivity contribution is 7.98. The number of imidazole rings is 1. The molecule has 1 N–H and O–H groups in total. The van der Waals surface area contributed by atoms with Crippen molar-refractivity contribution in [1.29, 1.82) is 0 Å². The molecular formula is C15H14N4O3S2. The topological polar surface area (TPSA) is 93.4 Å². The number of carbonyl (C=O) groups excluding carboxylic acids is 1. The van der Waals surface area contributed by atoms with Crippen molar-refractivity contribution in [1.82, 2.24) is 19.1 Å². The summed E-state index contributed by atoms with van der Waals surface area (Å²) in [5.41, 5.74) is 1.13. The van der Waals surface area contributed by atoms with E-state index in [-0.39, 0.29) is 11.4 Å². The maximum atomic E-state index is 12.4. The number of fused-ring (bicyclic) bond motifs is 1. The van der Waals surface area contributed by atoms with Gasteiger partial charge >= 0.3 is 0 Å². The first-order chi connectivity index (χ1) is 11.5. The smallest absolute Gasteiger partial charge is 0.285 e. The van der Waals surface area contributed by atoms with Gasteiger partial charge in [-0.05, 0) is 30.0 Å². The number of carbonyl (C=O) groups is 1. The standard InChI is InChI=1S/C15H14N4O3S2/c1-23-15-17-13(12-6-2-3-8-19(12)15)14(20)18-24(21,22)10-11-5-4-7-16-9-11/h2-9H,10H2,1H3,(H,18,20). The van der Waals surface area contributed by atoms with E-state index in [0.717, 1.165) is 0 Å². The summed E-state index contributed by atoms with van der Waals surface area (Å²) >= 11 is 1.37. The normalized spacial score (nSPS) is 11.5. The first-order valence-electron chi connectivity index (χ1n) is 6.95. The molecule has 0 aromatic carbocycles. The Labute approximate surface area is 143 Å². The Morgan fingerprint density at radius 2 is 2.12 bits per heavy atom. The van der Waals surface area contributed by atoms with E-state index in [1.807, 2.05) is 12.3 Å². The molecule has 0 unspecified atom stereocenters. The van der Waals surface area contributed by atoms with Crippen LogP contribution in [0.1, 0.15) is 16.1 Å². The van der Waals surface area contributed by atoms with Crippen LogP contribution in [-0.4, -0.2) is 34.9 Å². The second-order valence-electron chi connectivity index (χ2n) is 4.95. The number of rotatable bonds is 5. The van der Waals surface area contributed by atoms with Gasteiger partial charge in [0.15, 0.2) is 10.9 Å². The lowest BCUT2D eigenvalue weighted by atomic mass is 10.3. The average Bonchev–Trinajstić information content (AvgIpc) is 2.94. The number of hydrogen-bond acceptors (Lipinski definition) is 6. The number of nitrogens with zero attached hydrogens (tertiary/aromatic N) is 3. The van der Waals surface area contributed by atoms with Gasteiger partial charge < -0.3 is 0 Å². The molecule has 0 saturated heterocycles. The number of amides is 1. The highest BCUT2D eigenvalue weighted by atomic mass is 32.2. The van der Waals surface area contributed by atoms with Crippen molar-refractivity contribution in [3.63, 3.8) is 0 Å². The molecule has 3 rings (SSSR count). The molecule has 3 aromatic heterocycles. The molecule has 1 amide bonds. The van der Waals surface area contributed by atoms with Crippen molar-refractivity contribution in [3.05, 3.63) is 60.2 Å². The molecule has 24 heavy (non-hydrogen) atoms. The lowest BCUT2D eigenvalue weighted by molar-refractivity contribution is 0.0978. The maximum Gasteiger partial charge on any atom is 0.285 e. The number of pyridine rings is 2. The van der Waals surface area contributed by atoms with Gasteiger partial charge in [-0.1, -0.05) is 23.9 Å². The van der Waals surface area contributed by atoms with E-state index < -0.39 is 15.9 Å². The fraction of sp³-hybridized carbons (Fsp3) is 0.133. The summed E-state index contributed by atoms with van der Waals surface area (Å²) in [5, 5.41) is 0.611. The fourth-order valence-electron chi connectivity index (χ4n) is 2.25. The molecule has 0 spiro atoms. The van der Waals surface area contributed by atoms with Crippen LogP contribution in [0.2, 0.25) is 0 Å². The van der Waals surface area contributed by atoms with Gasteiger partial charge in [0.2, 0.25) is 10.0 Å². The molecule has 0 fully saturated rings. The van der Waals surface area contributed by atoms with E-state index in [1.165, 1.54) is 18.0 Å². The van der Waals surface area contributed by atoms with Crippen molar-refractivity contribution in [2.24, 2.45) is 0 Å². The Morgan fingerprint density at radius 3 is 2.83 bits per heavy atom. The first-order valence-corrected chi connectivity index (χ1v) is 9.82. The number of aromatic nitrogens is 3. The zero-order chi connectivity index (χ0) is 17.2. The molecule has 0 aliphatic rings. The van der Waals surface area contributed by atoms with Crippen LogP contribution in [0, 0.1) is 0 Å². The molecular weight excluding hydrogens is 348 g/mol. The summed E-state index contributed by atoms with van der Waals surface area (Å²) in [6, 6.07) is 8.57. The van der Waals surface area contributed by atoms with Gasteiger partial charge in [-0.25, -0.2) is 18.1 Å². The van der Waals surface area contributed by atoms with Crippen LogP contribution in [0.3, 0.4) is 0 Å². The van der Waals surface area contributed by atoms with Crippen LogP contribution in [0.5, 0.6) is 0 Å². The number of nitrogens with one attached hydrogen (secondary N) is 1. The zero-order valence-corrected chi connectivity index (χ0v) is 14.3. The van der Waals surface area contributed by atoms with Crippen LogP contribution in [0.15, 0.2) is 54.1 Å². The predicted octanol–water partition coefficient (Wildman–Crippen LogP) is 1.71. The third-order valence-corrected chi connectivity index (χ3v) is 5.10. The summed E-state index contributed by atoms with van der Waals surface area (Å²) in [6.45, 7) is 0. The maximum absolute atomic E-state index is 12.4. The summed E-state index contributed by atoms with van der Waals surface area (Å²) < 4.78 is 28.2. The Balaban J connectivity index is 1.87. The van der Waals surface area contributed by atoms with E-state index in [1.54, 1.807) is 41.1 Å². The molecule has 124 valence electrons. The van der Waals surface area contributed by atoms with Crippen molar-refractivity contribution >= 4 is 33.2 Å². The van der Waals surface area contributed by atoms with E-state index in [0.29, 0.717) is 16.2 Å². The highest BCUT2D eigenvalue weighted by Gasteiger charge is 2.22. The average molecular weight is 362 g/mol. The van der Waals surface area contributed by atoms with E-state index in [2.05, 4.69) is 14.7 Å². The monoisotopic (exact) mass is 362 g/mol. The zero-order valence-electron chi connectivity index (χ0n) is 12.7. The molecule has 0 atom stereocenters. The van der Waals surface area contributed by atoms with Crippen molar-refractivity contribution in [2.45, 2.75) is 10.9 Å². The lowest BCUT2D eigenvalue weighted by Crippen LogP contribution is -2.32. The van der Waals surface area contributed by atoms with Gasteiger partial charge in [0, 0.05) is 18.6 Å². The molecule has 9 heteroatoms. The van der Waals surface area contributed by atoms with Gasteiger partial charge in [-0.2, -0.15) is 0 Å². The van der Waals surface area contributed by atoms with Crippen molar-refractivity contribution in [3.8, 4) is 0 Å². The highest BCUT2D eigenvalue weighted by Crippen LogP contribution is 2.20. The molecule has 7 nitrogen and oxygen atoms in total. The van der Waals surface area contributed by atoms with Crippen LogP contribution in [0.25, 0.3) is 5.52 Å². The second kappa shape index (κ2) is 6.62. The molecule has 3 aromatic rings. The second-order valence-corrected chi connectivity index (χ2v) is 7.45. The summed E-state index contributed by atoms with van der Waals surface area (Å²) in [5.74, 6) is -1.07. The van der Waals surface area contributed by atoms with Crippen LogP contribution in [-0.2, 0) is 15.8 Å². The molecule has 0 aliphatic carbocycles. The summed E-state index contributed by atoms with van der Waals surface area (Å²) in [7, 11) is -3.84. The number of sulfonamides is 1. The molecule has 0 aliphatic heterocycles. The number of thioether (sulfide) groups is 1. The molecule has 0 bridgehead atoms. The van der Waals surface area contributed by atoms with Crippen LogP contribution < -0.4 is 4.72 Å². The predicted molar refractivity (Wildman–Crippen MR) is 91.3 cm³/mol. The van der Waals surface area contributed by atoms with Gasteiger partial charge in [-0.15, -0.1) is 0 Å².